The zero-order chi connectivity index (χ0) is 18.3. The van der Waals surface area contributed by atoms with E-state index >= 15 is 0 Å². The molecule has 0 bridgehead atoms. The summed E-state index contributed by atoms with van der Waals surface area (Å²) in [7, 11) is 0. The maximum Gasteiger partial charge on any atom is 0.261 e. The first-order chi connectivity index (χ1) is 12.4. The number of carbonyl (C=O) groups excluding carboxylic acids is 1. The predicted octanol–water partition coefficient (Wildman–Crippen LogP) is 3.02. The molecule has 6 nitrogen and oxygen atoms in total. The van der Waals surface area contributed by atoms with Gasteiger partial charge in [-0.2, -0.15) is 0 Å². The first-order valence-electron chi connectivity index (χ1n) is 8.68. The fourth-order valence-electron chi connectivity index (χ4n) is 3.36. The van der Waals surface area contributed by atoms with E-state index in [1.165, 1.54) is 0 Å². The number of fused-ring (bicyclic) bond motifs is 2. The summed E-state index contributed by atoms with van der Waals surface area (Å²) in [5.41, 5.74) is 1.86. The SMILES string of the molecule is CC1(C)CCc2nc3cc(NC(=O)c4ccncc4)ccc3c(=O)n2C1. The van der Waals surface area contributed by atoms with E-state index < -0.39 is 0 Å². The van der Waals surface area contributed by atoms with Crippen molar-refractivity contribution >= 4 is 22.5 Å². The number of rotatable bonds is 2. The van der Waals surface area contributed by atoms with Crippen molar-refractivity contribution in [2.75, 3.05) is 5.32 Å². The maximum atomic E-state index is 12.8. The molecule has 0 saturated carbocycles. The molecule has 0 spiro atoms. The predicted molar refractivity (Wildman–Crippen MR) is 100 cm³/mol. The summed E-state index contributed by atoms with van der Waals surface area (Å²) in [4.78, 5) is 33.7. The molecule has 0 unspecified atom stereocenters. The molecule has 1 amide bonds. The lowest BCUT2D eigenvalue weighted by atomic mass is 9.85. The Hall–Kier alpha value is -3.02. The van der Waals surface area contributed by atoms with Crippen molar-refractivity contribution in [3.63, 3.8) is 0 Å². The van der Waals surface area contributed by atoms with Crippen LogP contribution in [-0.2, 0) is 13.0 Å². The van der Waals surface area contributed by atoms with Gasteiger partial charge in [0.1, 0.15) is 5.82 Å². The molecule has 3 heterocycles. The number of benzene rings is 1. The molecule has 1 aliphatic rings. The average Bonchev–Trinajstić information content (AvgIpc) is 2.63. The molecular formula is C20H20N4O2. The van der Waals surface area contributed by atoms with Gasteiger partial charge in [0, 0.05) is 36.6 Å². The monoisotopic (exact) mass is 348 g/mol. The number of amides is 1. The Morgan fingerprint density at radius 2 is 1.96 bits per heavy atom. The van der Waals surface area contributed by atoms with Gasteiger partial charge in [-0.05, 0) is 42.2 Å². The van der Waals surface area contributed by atoms with Crippen LogP contribution in [0.25, 0.3) is 10.9 Å². The third-order valence-electron chi connectivity index (χ3n) is 4.85. The second-order valence-electron chi connectivity index (χ2n) is 7.51. The van der Waals surface area contributed by atoms with Gasteiger partial charge in [-0.1, -0.05) is 13.8 Å². The number of anilines is 1. The summed E-state index contributed by atoms with van der Waals surface area (Å²) >= 11 is 0. The van der Waals surface area contributed by atoms with Gasteiger partial charge in [0.25, 0.3) is 11.5 Å². The van der Waals surface area contributed by atoms with Crippen LogP contribution in [0.15, 0.2) is 47.5 Å². The van der Waals surface area contributed by atoms with E-state index in [0.29, 0.717) is 28.7 Å². The van der Waals surface area contributed by atoms with E-state index in [0.717, 1.165) is 18.7 Å². The van der Waals surface area contributed by atoms with E-state index in [-0.39, 0.29) is 16.9 Å². The summed E-state index contributed by atoms with van der Waals surface area (Å²) in [6.45, 7) is 5.03. The number of hydrogen-bond acceptors (Lipinski definition) is 4. The Morgan fingerprint density at radius 1 is 1.19 bits per heavy atom. The smallest absolute Gasteiger partial charge is 0.261 e. The highest BCUT2D eigenvalue weighted by atomic mass is 16.1. The molecule has 26 heavy (non-hydrogen) atoms. The van der Waals surface area contributed by atoms with Crippen molar-refractivity contribution < 1.29 is 4.79 Å². The minimum atomic E-state index is -0.219. The van der Waals surface area contributed by atoms with E-state index in [1.54, 1.807) is 47.3 Å². The molecule has 6 heteroatoms. The Bertz CT molecular complexity index is 1050. The van der Waals surface area contributed by atoms with Gasteiger partial charge in [0.05, 0.1) is 10.9 Å². The molecule has 0 atom stereocenters. The lowest BCUT2D eigenvalue weighted by Crippen LogP contribution is -2.36. The quantitative estimate of drug-likeness (QED) is 0.772. The summed E-state index contributed by atoms with van der Waals surface area (Å²) in [5.74, 6) is 0.600. The Balaban J connectivity index is 1.70. The topological polar surface area (TPSA) is 76.9 Å². The molecule has 1 aromatic carbocycles. The Kier molecular flexibility index (Phi) is 3.83. The number of hydrogen-bond donors (Lipinski definition) is 1. The average molecular weight is 348 g/mol. The van der Waals surface area contributed by atoms with E-state index in [4.69, 9.17) is 0 Å². The molecule has 3 aromatic rings. The van der Waals surface area contributed by atoms with Gasteiger partial charge in [0.2, 0.25) is 0 Å². The molecule has 1 aliphatic heterocycles. The van der Waals surface area contributed by atoms with Gasteiger partial charge in [-0.25, -0.2) is 4.98 Å². The lowest BCUT2D eigenvalue weighted by molar-refractivity contribution is 0.102. The number of carbonyl (C=O) groups is 1. The molecule has 0 saturated heterocycles. The Morgan fingerprint density at radius 3 is 2.73 bits per heavy atom. The van der Waals surface area contributed by atoms with Crippen molar-refractivity contribution in [1.29, 1.82) is 0 Å². The molecule has 0 aliphatic carbocycles. The van der Waals surface area contributed by atoms with E-state index in [2.05, 4.69) is 29.1 Å². The van der Waals surface area contributed by atoms with Gasteiger partial charge in [-0.3, -0.25) is 19.1 Å². The van der Waals surface area contributed by atoms with Crippen LogP contribution in [0.5, 0.6) is 0 Å². The summed E-state index contributed by atoms with van der Waals surface area (Å²) in [6.07, 6.45) is 4.94. The number of pyridine rings is 1. The number of nitrogens with zero attached hydrogens (tertiary/aromatic N) is 3. The van der Waals surface area contributed by atoms with E-state index in [9.17, 15) is 9.59 Å². The minimum Gasteiger partial charge on any atom is -0.322 e. The minimum absolute atomic E-state index is 0.00946. The molecule has 4 rings (SSSR count). The third-order valence-corrected chi connectivity index (χ3v) is 4.85. The van der Waals surface area contributed by atoms with Crippen LogP contribution >= 0.6 is 0 Å². The fraction of sp³-hybridized carbons (Fsp3) is 0.300. The number of aromatic nitrogens is 3. The summed E-state index contributed by atoms with van der Waals surface area (Å²) in [5, 5.41) is 3.42. The highest BCUT2D eigenvalue weighted by Crippen LogP contribution is 2.29. The zero-order valence-electron chi connectivity index (χ0n) is 14.8. The van der Waals surface area contributed by atoms with Crippen LogP contribution in [0.2, 0.25) is 0 Å². The van der Waals surface area contributed by atoms with Crippen LogP contribution in [-0.4, -0.2) is 20.4 Å². The van der Waals surface area contributed by atoms with Crippen LogP contribution in [0.3, 0.4) is 0 Å². The van der Waals surface area contributed by atoms with Crippen LogP contribution in [0, 0.1) is 5.41 Å². The van der Waals surface area contributed by atoms with Gasteiger partial charge >= 0.3 is 0 Å². The van der Waals surface area contributed by atoms with Gasteiger partial charge < -0.3 is 5.32 Å². The highest BCUT2D eigenvalue weighted by Gasteiger charge is 2.27. The molecule has 2 aromatic heterocycles. The largest absolute Gasteiger partial charge is 0.322 e. The molecule has 1 N–H and O–H groups in total. The molecular weight excluding hydrogens is 328 g/mol. The highest BCUT2D eigenvalue weighted by molar-refractivity contribution is 6.04. The van der Waals surface area contributed by atoms with Crippen LogP contribution < -0.4 is 10.9 Å². The summed E-state index contributed by atoms with van der Waals surface area (Å²) < 4.78 is 1.79. The van der Waals surface area contributed by atoms with Crippen molar-refractivity contribution in [2.45, 2.75) is 33.2 Å². The summed E-state index contributed by atoms with van der Waals surface area (Å²) in [6, 6.07) is 8.54. The Labute approximate surface area is 150 Å². The maximum absolute atomic E-state index is 12.8. The molecule has 132 valence electrons. The van der Waals surface area contributed by atoms with Gasteiger partial charge in [-0.15, -0.1) is 0 Å². The van der Waals surface area contributed by atoms with Crippen LogP contribution in [0.1, 0.15) is 36.5 Å². The van der Waals surface area contributed by atoms with Crippen molar-refractivity contribution in [1.82, 2.24) is 14.5 Å². The van der Waals surface area contributed by atoms with Crippen molar-refractivity contribution in [3.05, 3.63) is 64.5 Å². The van der Waals surface area contributed by atoms with Gasteiger partial charge in [0.15, 0.2) is 0 Å². The second kappa shape index (κ2) is 6.05. The second-order valence-corrected chi connectivity index (χ2v) is 7.51. The van der Waals surface area contributed by atoms with Crippen molar-refractivity contribution in [2.24, 2.45) is 5.41 Å². The fourth-order valence-corrected chi connectivity index (χ4v) is 3.36. The first kappa shape index (κ1) is 16.4. The molecule has 0 radical (unpaired) electrons. The standard InChI is InChI=1S/C20H20N4O2/c1-20(2)8-5-17-23-16-11-14(3-4-15(16)19(26)24(17)12-20)22-18(25)13-6-9-21-10-7-13/h3-4,6-7,9-11H,5,8,12H2,1-2H3,(H,22,25). The van der Waals surface area contributed by atoms with E-state index in [1.807, 2.05) is 0 Å². The lowest BCUT2D eigenvalue weighted by Gasteiger charge is -2.31. The zero-order valence-corrected chi connectivity index (χ0v) is 14.8. The number of aryl methyl sites for hydroxylation is 1. The number of nitrogens with one attached hydrogen (secondary N) is 1. The first-order valence-corrected chi connectivity index (χ1v) is 8.68. The van der Waals surface area contributed by atoms with Crippen LogP contribution in [0.4, 0.5) is 5.69 Å². The third kappa shape index (κ3) is 2.98. The van der Waals surface area contributed by atoms with Crippen molar-refractivity contribution in [3.8, 4) is 0 Å². The normalized spacial score (nSPS) is 15.5. The molecule has 0 fully saturated rings.